The second-order valence-corrected chi connectivity index (χ2v) is 4.77. The molecule has 1 aromatic carbocycles. The summed E-state index contributed by atoms with van der Waals surface area (Å²) in [7, 11) is 1.28. The molecule has 2 rings (SSSR count). The van der Waals surface area contributed by atoms with Gasteiger partial charge in [0.25, 0.3) is 5.82 Å². The number of aromatic nitrogens is 3. The molecule has 2 aromatic rings. The molecule has 20 heavy (non-hydrogen) atoms. The van der Waals surface area contributed by atoms with Crippen LogP contribution in [-0.4, -0.2) is 33.9 Å². The van der Waals surface area contributed by atoms with Crippen molar-refractivity contribution in [3.8, 4) is 0 Å². The second kappa shape index (κ2) is 6.02. The number of halogens is 1. The van der Waals surface area contributed by atoms with Crippen LogP contribution in [0.5, 0.6) is 0 Å². The first-order chi connectivity index (χ1) is 9.54. The van der Waals surface area contributed by atoms with E-state index in [0.29, 0.717) is 5.02 Å². The zero-order chi connectivity index (χ0) is 14.7. The van der Waals surface area contributed by atoms with Gasteiger partial charge in [0.15, 0.2) is 0 Å². The lowest BCUT2D eigenvalue weighted by atomic mass is 10.0. The largest absolute Gasteiger partial charge is 0.463 e. The van der Waals surface area contributed by atoms with Gasteiger partial charge >= 0.3 is 5.97 Å². The monoisotopic (exact) mass is 294 g/mol. The first kappa shape index (κ1) is 14.5. The number of carbonyl (C=O) groups is 1. The predicted molar refractivity (Wildman–Crippen MR) is 74.6 cm³/mol. The molecule has 0 saturated heterocycles. The molecule has 6 nitrogen and oxygen atoms in total. The first-order valence-electron chi connectivity index (χ1n) is 6.04. The van der Waals surface area contributed by atoms with Crippen LogP contribution in [0.3, 0.4) is 0 Å². The Bertz CT molecular complexity index is 612. The fourth-order valence-electron chi connectivity index (χ4n) is 1.98. The van der Waals surface area contributed by atoms with Crippen LogP contribution < -0.4 is 5.73 Å². The van der Waals surface area contributed by atoms with E-state index in [0.717, 1.165) is 5.56 Å². The third kappa shape index (κ3) is 2.81. The van der Waals surface area contributed by atoms with Crippen molar-refractivity contribution in [2.24, 2.45) is 5.73 Å². The summed E-state index contributed by atoms with van der Waals surface area (Å²) in [5, 5.41) is 4.70. The van der Waals surface area contributed by atoms with Crippen molar-refractivity contribution < 1.29 is 9.53 Å². The van der Waals surface area contributed by atoms with E-state index in [9.17, 15) is 4.79 Å². The zero-order valence-electron chi connectivity index (χ0n) is 11.2. The summed E-state index contributed by atoms with van der Waals surface area (Å²) in [6.45, 7) is 1.84. The van der Waals surface area contributed by atoms with E-state index in [-0.39, 0.29) is 17.9 Å². The van der Waals surface area contributed by atoms with E-state index >= 15 is 0 Å². The van der Waals surface area contributed by atoms with Crippen molar-refractivity contribution in [3.63, 3.8) is 0 Å². The lowest BCUT2D eigenvalue weighted by Gasteiger charge is -2.22. The number of rotatable bonds is 4. The quantitative estimate of drug-likeness (QED) is 0.867. The van der Waals surface area contributed by atoms with Gasteiger partial charge in [-0.05, 0) is 18.6 Å². The number of ether oxygens (including phenoxy) is 1. The second-order valence-electron chi connectivity index (χ2n) is 4.37. The van der Waals surface area contributed by atoms with Crippen molar-refractivity contribution in [3.05, 3.63) is 47.0 Å². The van der Waals surface area contributed by atoms with Crippen LogP contribution in [0.1, 0.15) is 29.1 Å². The molecule has 0 radical (unpaired) electrons. The number of benzene rings is 1. The molecule has 0 saturated carbocycles. The molecule has 0 fully saturated rings. The zero-order valence-corrected chi connectivity index (χ0v) is 11.9. The van der Waals surface area contributed by atoms with Gasteiger partial charge in [0, 0.05) is 11.1 Å². The van der Waals surface area contributed by atoms with E-state index in [1.807, 2.05) is 25.1 Å². The Morgan fingerprint density at radius 1 is 1.45 bits per heavy atom. The summed E-state index contributed by atoms with van der Waals surface area (Å²) >= 11 is 6.20. The number of hydrogen-bond acceptors (Lipinski definition) is 5. The maximum absolute atomic E-state index is 11.4. The lowest BCUT2D eigenvalue weighted by molar-refractivity contribution is 0.0586. The maximum atomic E-state index is 11.4. The number of hydrogen-bond donors (Lipinski definition) is 1. The smallest absolute Gasteiger partial charge is 0.377 e. The molecule has 0 aliphatic heterocycles. The summed E-state index contributed by atoms with van der Waals surface area (Å²) < 4.78 is 6.11. The normalized spacial score (nSPS) is 13.8. The summed E-state index contributed by atoms with van der Waals surface area (Å²) in [4.78, 5) is 15.3. The summed E-state index contributed by atoms with van der Waals surface area (Å²) in [5.41, 5.74) is 6.85. The van der Waals surface area contributed by atoms with Gasteiger partial charge in [0.2, 0.25) is 0 Å². The maximum Gasteiger partial charge on any atom is 0.377 e. The third-order valence-corrected chi connectivity index (χ3v) is 3.23. The van der Waals surface area contributed by atoms with Crippen LogP contribution in [-0.2, 0) is 4.74 Å². The van der Waals surface area contributed by atoms with Gasteiger partial charge in [-0.15, -0.1) is 5.10 Å². The summed E-state index contributed by atoms with van der Waals surface area (Å²) in [6, 6.07) is 6.79. The van der Waals surface area contributed by atoms with Crippen molar-refractivity contribution in [2.45, 2.75) is 19.0 Å². The number of nitrogens with two attached hydrogens (primary N) is 1. The molecule has 2 unspecified atom stereocenters. The topological polar surface area (TPSA) is 83.0 Å². The van der Waals surface area contributed by atoms with Crippen molar-refractivity contribution in [1.82, 2.24) is 14.8 Å². The average Bonchev–Trinajstić information content (AvgIpc) is 2.89. The van der Waals surface area contributed by atoms with Crippen molar-refractivity contribution in [2.75, 3.05) is 7.11 Å². The molecule has 1 aromatic heterocycles. The van der Waals surface area contributed by atoms with Crippen LogP contribution in [0.25, 0.3) is 0 Å². The van der Waals surface area contributed by atoms with E-state index < -0.39 is 5.97 Å². The van der Waals surface area contributed by atoms with Gasteiger partial charge in [0.1, 0.15) is 6.33 Å². The number of nitrogens with zero attached hydrogens (tertiary/aromatic N) is 3. The van der Waals surface area contributed by atoms with Crippen molar-refractivity contribution >= 4 is 17.6 Å². The van der Waals surface area contributed by atoms with Crippen LogP contribution in [0.15, 0.2) is 30.6 Å². The number of esters is 1. The number of methoxy groups -OCH3 is 1. The highest BCUT2D eigenvalue weighted by Crippen LogP contribution is 2.27. The Balaban J connectivity index is 2.42. The van der Waals surface area contributed by atoms with Crippen LogP contribution in [0, 0.1) is 0 Å². The predicted octanol–water partition coefficient (Wildman–Crippen LogP) is 1.65. The minimum atomic E-state index is -0.591. The Hall–Kier alpha value is -1.92. The highest BCUT2D eigenvalue weighted by Gasteiger charge is 2.23. The highest BCUT2D eigenvalue weighted by atomic mass is 35.5. The minimum absolute atomic E-state index is 0.00907. The van der Waals surface area contributed by atoms with Crippen LogP contribution in [0.2, 0.25) is 5.02 Å². The first-order valence-corrected chi connectivity index (χ1v) is 6.42. The van der Waals surface area contributed by atoms with Gasteiger partial charge in [-0.3, -0.25) is 0 Å². The molecule has 0 bridgehead atoms. The molecule has 1 heterocycles. The standard InChI is InChI=1S/C13H15ClN4O2/c1-8(15)11(9-5-3-4-6-10(9)14)18-7-16-12(17-18)13(19)20-2/h3-8,11H,15H2,1-2H3. The van der Waals surface area contributed by atoms with Gasteiger partial charge in [-0.25, -0.2) is 14.5 Å². The Morgan fingerprint density at radius 3 is 2.75 bits per heavy atom. The molecule has 0 spiro atoms. The van der Waals surface area contributed by atoms with Crippen LogP contribution in [0.4, 0.5) is 0 Å². The average molecular weight is 295 g/mol. The fourth-order valence-corrected chi connectivity index (χ4v) is 2.22. The minimum Gasteiger partial charge on any atom is -0.463 e. The molecule has 7 heteroatoms. The molecule has 2 atom stereocenters. The SMILES string of the molecule is COC(=O)c1ncn(C(c2ccccc2Cl)C(C)N)n1. The van der Waals surface area contributed by atoms with E-state index in [4.69, 9.17) is 17.3 Å². The van der Waals surface area contributed by atoms with Gasteiger partial charge in [-0.1, -0.05) is 29.8 Å². The summed E-state index contributed by atoms with van der Waals surface area (Å²) in [5.74, 6) is -0.600. The lowest BCUT2D eigenvalue weighted by Crippen LogP contribution is -2.31. The van der Waals surface area contributed by atoms with Crippen LogP contribution >= 0.6 is 11.6 Å². The van der Waals surface area contributed by atoms with E-state index in [1.165, 1.54) is 18.1 Å². The molecule has 0 aliphatic rings. The Morgan fingerprint density at radius 2 is 2.15 bits per heavy atom. The van der Waals surface area contributed by atoms with Gasteiger partial charge < -0.3 is 10.5 Å². The third-order valence-electron chi connectivity index (χ3n) is 2.88. The van der Waals surface area contributed by atoms with E-state index in [2.05, 4.69) is 14.8 Å². The van der Waals surface area contributed by atoms with Crippen molar-refractivity contribution in [1.29, 1.82) is 0 Å². The molecular formula is C13H15ClN4O2. The van der Waals surface area contributed by atoms with Gasteiger partial charge in [-0.2, -0.15) is 0 Å². The molecular weight excluding hydrogens is 280 g/mol. The molecule has 106 valence electrons. The van der Waals surface area contributed by atoms with E-state index in [1.54, 1.807) is 6.07 Å². The fraction of sp³-hybridized carbons (Fsp3) is 0.308. The van der Waals surface area contributed by atoms with Gasteiger partial charge in [0.05, 0.1) is 13.2 Å². The number of carbonyl (C=O) groups excluding carboxylic acids is 1. The molecule has 0 aliphatic carbocycles. The molecule has 2 N–H and O–H groups in total. The highest BCUT2D eigenvalue weighted by molar-refractivity contribution is 6.31. The Kier molecular flexibility index (Phi) is 4.36. The summed E-state index contributed by atoms with van der Waals surface area (Å²) in [6.07, 6.45) is 1.45. The Labute approximate surface area is 121 Å². The molecule has 0 amide bonds.